The van der Waals surface area contributed by atoms with E-state index in [1.165, 1.54) is 44.8 Å². The number of para-hydroxylation sites is 1. The maximum Gasteiger partial charge on any atom is 0.0854 e. The maximum atomic E-state index is 5.38. The minimum atomic E-state index is 0.444. The van der Waals surface area contributed by atoms with Crippen molar-refractivity contribution in [3.05, 3.63) is 63.7 Å². The summed E-state index contributed by atoms with van der Waals surface area (Å²) in [5.41, 5.74) is 10.5. The van der Waals surface area contributed by atoms with Crippen LogP contribution in [-0.4, -0.2) is 36.6 Å². The van der Waals surface area contributed by atoms with E-state index in [0.29, 0.717) is 11.8 Å². The van der Waals surface area contributed by atoms with Gasteiger partial charge in [-0.2, -0.15) is 0 Å². The van der Waals surface area contributed by atoms with E-state index in [4.69, 9.17) is 4.99 Å². The summed E-state index contributed by atoms with van der Waals surface area (Å²) in [7, 11) is 0. The van der Waals surface area contributed by atoms with E-state index in [2.05, 4.69) is 88.7 Å². The first-order valence-corrected chi connectivity index (χ1v) is 11.3. The number of benzene rings is 2. The van der Waals surface area contributed by atoms with Crippen LogP contribution in [0.15, 0.2) is 40.3 Å². The lowest BCUT2D eigenvalue weighted by molar-refractivity contribution is 0.530. The second-order valence-electron chi connectivity index (χ2n) is 9.32. The van der Waals surface area contributed by atoms with Crippen molar-refractivity contribution in [2.75, 3.05) is 19.6 Å². The van der Waals surface area contributed by atoms with Gasteiger partial charge in [-0.15, -0.1) is 0 Å². The summed E-state index contributed by atoms with van der Waals surface area (Å²) in [4.78, 5) is 12.1. The van der Waals surface area contributed by atoms with Gasteiger partial charge in [-0.3, -0.25) is 9.98 Å². The van der Waals surface area contributed by atoms with Crippen LogP contribution >= 0.6 is 0 Å². The SMILES string of the molecule is Cc1cc(C)c(CC(CN2C=NCC2)=Nc2c(C(C)C)cccc2C(C)C)c(C)c1. The van der Waals surface area contributed by atoms with Crippen LogP contribution in [0.4, 0.5) is 5.69 Å². The topological polar surface area (TPSA) is 28.0 Å². The lowest BCUT2D eigenvalue weighted by Crippen LogP contribution is -2.28. The molecule has 30 heavy (non-hydrogen) atoms. The van der Waals surface area contributed by atoms with E-state index in [-0.39, 0.29) is 0 Å². The van der Waals surface area contributed by atoms with Crippen LogP contribution in [0.25, 0.3) is 0 Å². The molecule has 0 bridgehead atoms. The van der Waals surface area contributed by atoms with Gasteiger partial charge in [-0.25, -0.2) is 0 Å². The van der Waals surface area contributed by atoms with Crippen molar-refractivity contribution in [1.82, 2.24) is 4.90 Å². The van der Waals surface area contributed by atoms with Gasteiger partial charge in [0.2, 0.25) is 0 Å². The molecule has 0 atom stereocenters. The zero-order chi connectivity index (χ0) is 21.8. The monoisotopic (exact) mass is 403 g/mol. The minimum absolute atomic E-state index is 0.444. The molecule has 0 saturated carbocycles. The molecule has 160 valence electrons. The van der Waals surface area contributed by atoms with Gasteiger partial charge in [0.25, 0.3) is 0 Å². The molecule has 3 rings (SSSR count). The van der Waals surface area contributed by atoms with E-state index >= 15 is 0 Å². The summed E-state index contributed by atoms with van der Waals surface area (Å²) >= 11 is 0. The number of aliphatic imine (C=N–C) groups is 2. The highest BCUT2D eigenvalue weighted by atomic mass is 15.2. The lowest BCUT2D eigenvalue weighted by Gasteiger charge is -2.21. The first-order chi connectivity index (χ1) is 14.3. The van der Waals surface area contributed by atoms with Crippen LogP contribution in [0.1, 0.15) is 72.9 Å². The number of hydrogen-bond acceptors (Lipinski definition) is 3. The summed E-state index contributed by atoms with van der Waals surface area (Å²) < 4.78 is 0. The predicted molar refractivity (Wildman–Crippen MR) is 131 cm³/mol. The van der Waals surface area contributed by atoms with Crippen LogP contribution in [0.2, 0.25) is 0 Å². The third kappa shape index (κ3) is 5.19. The van der Waals surface area contributed by atoms with Gasteiger partial charge in [0.1, 0.15) is 0 Å². The normalized spacial score (nSPS) is 14.4. The highest BCUT2D eigenvalue weighted by Crippen LogP contribution is 2.35. The summed E-state index contributed by atoms with van der Waals surface area (Å²) in [5.74, 6) is 0.889. The Kier molecular flexibility index (Phi) is 7.12. The lowest BCUT2D eigenvalue weighted by atomic mass is 9.92. The average molecular weight is 404 g/mol. The van der Waals surface area contributed by atoms with Gasteiger partial charge in [-0.1, -0.05) is 63.6 Å². The second kappa shape index (κ2) is 9.59. The quantitative estimate of drug-likeness (QED) is 0.484. The van der Waals surface area contributed by atoms with Crippen LogP contribution in [-0.2, 0) is 6.42 Å². The molecular weight excluding hydrogens is 366 g/mol. The number of hydrogen-bond donors (Lipinski definition) is 0. The molecule has 2 aromatic rings. The molecule has 3 heteroatoms. The van der Waals surface area contributed by atoms with Crippen LogP contribution in [0.5, 0.6) is 0 Å². The first kappa shape index (κ1) is 22.3. The van der Waals surface area contributed by atoms with Crippen LogP contribution in [0.3, 0.4) is 0 Å². The molecule has 0 N–H and O–H groups in total. The number of aryl methyl sites for hydroxylation is 3. The van der Waals surface area contributed by atoms with Gasteiger partial charge in [-0.05, 0) is 60.4 Å². The van der Waals surface area contributed by atoms with Gasteiger partial charge in [0.15, 0.2) is 0 Å². The standard InChI is InChI=1S/C27H37N3/c1-18(2)24-9-8-10-25(19(3)4)27(24)29-23(16-30-12-11-28-17-30)15-26-21(6)13-20(5)14-22(26)7/h8-10,13-14,17-19H,11-12,15-16H2,1-7H3. The summed E-state index contributed by atoms with van der Waals surface area (Å²) in [6.45, 7) is 18.4. The average Bonchev–Trinajstić information content (AvgIpc) is 3.17. The maximum absolute atomic E-state index is 5.38. The fourth-order valence-electron chi connectivity index (χ4n) is 4.39. The fraction of sp³-hybridized carbons (Fsp3) is 0.481. The van der Waals surface area contributed by atoms with Gasteiger partial charge in [0.05, 0.1) is 25.1 Å². The molecular formula is C27H37N3. The van der Waals surface area contributed by atoms with E-state index in [1.807, 2.05) is 6.34 Å². The molecule has 0 aliphatic carbocycles. The third-order valence-corrected chi connectivity index (χ3v) is 5.98. The van der Waals surface area contributed by atoms with E-state index in [0.717, 1.165) is 26.1 Å². The molecule has 1 aliphatic rings. The molecule has 0 radical (unpaired) electrons. The Hall–Kier alpha value is -2.42. The molecule has 0 fully saturated rings. The molecule has 3 nitrogen and oxygen atoms in total. The largest absolute Gasteiger partial charge is 0.356 e. The number of rotatable bonds is 7. The van der Waals surface area contributed by atoms with Gasteiger partial charge >= 0.3 is 0 Å². The molecule has 0 aromatic heterocycles. The Bertz CT molecular complexity index is 901. The Labute approximate surface area is 183 Å². The van der Waals surface area contributed by atoms with Crippen LogP contribution < -0.4 is 0 Å². The van der Waals surface area contributed by atoms with Crippen molar-refractivity contribution in [3.63, 3.8) is 0 Å². The molecule has 0 unspecified atom stereocenters. The van der Waals surface area contributed by atoms with Gasteiger partial charge < -0.3 is 4.90 Å². The third-order valence-electron chi connectivity index (χ3n) is 5.98. The molecule has 0 spiro atoms. The van der Waals surface area contributed by atoms with Crippen molar-refractivity contribution >= 4 is 17.7 Å². The predicted octanol–water partition coefficient (Wildman–Crippen LogP) is 6.52. The smallest absolute Gasteiger partial charge is 0.0854 e. The second-order valence-corrected chi connectivity index (χ2v) is 9.32. The summed E-state index contributed by atoms with van der Waals surface area (Å²) in [6.07, 6.45) is 2.87. The molecule has 2 aromatic carbocycles. The first-order valence-electron chi connectivity index (χ1n) is 11.3. The van der Waals surface area contributed by atoms with Crippen molar-refractivity contribution in [3.8, 4) is 0 Å². The highest BCUT2D eigenvalue weighted by Gasteiger charge is 2.17. The zero-order valence-electron chi connectivity index (χ0n) is 19.8. The number of nitrogens with zero attached hydrogens (tertiary/aromatic N) is 3. The summed E-state index contributed by atoms with van der Waals surface area (Å²) in [6, 6.07) is 11.3. The van der Waals surface area contributed by atoms with Crippen molar-refractivity contribution < 1.29 is 0 Å². The minimum Gasteiger partial charge on any atom is -0.356 e. The molecule has 0 saturated heterocycles. The molecule has 1 heterocycles. The highest BCUT2D eigenvalue weighted by molar-refractivity contribution is 5.93. The van der Waals surface area contributed by atoms with Gasteiger partial charge in [0, 0.05) is 18.7 Å². The fourth-order valence-corrected chi connectivity index (χ4v) is 4.39. The van der Waals surface area contributed by atoms with E-state index < -0.39 is 0 Å². The van der Waals surface area contributed by atoms with Crippen LogP contribution in [0, 0.1) is 20.8 Å². The molecule has 1 aliphatic heterocycles. The Balaban J connectivity index is 2.09. The van der Waals surface area contributed by atoms with E-state index in [1.54, 1.807) is 0 Å². The van der Waals surface area contributed by atoms with Crippen molar-refractivity contribution in [2.24, 2.45) is 9.98 Å². The Morgan fingerprint density at radius 1 is 1.00 bits per heavy atom. The Morgan fingerprint density at radius 3 is 2.10 bits per heavy atom. The summed E-state index contributed by atoms with van der Waals surface area (Å²) in [5, 5.41) is 0. The zero-order valence-corrected chi connectivity index (χ0v) is 19.8. The van der Waals surface area contributed by atoms with E-state index in [9.17, 15) is 0 Å². The van der Waals surface area contributed by atoms with Crippen molar-refractivity contribution in [1.29, 1.82) is 0 Å². The molecule has 0 amide bonds. The van der Waals surface area contributed by atoms with Crippen molar-refractivity contribution in [2.45, 2.75) is 66.7 Å². The Morgan fingerprint density at radius 2 is 1.60 bits per heavy atom.